The van der Waals surface area contributed by atoms with Crippen LogP contribution < -0.4 is 4.90 Å². The lowest BCUT2D eigenvalue weighted by molar-refractivity contribution is -0.384. The molecule has 1 heterocycles. The molecular formula is C10H7BrN2O4. The number of hydrogen-bond acceptors (Lipinski definition) is 4. The molecule has 17 heavy (non-hydrogen) atoms. The number of nitro groups is 1. The van der Waals surface area contributed by atoms with Crippen molar-refractivity contribution in [1.29, 1.82) is 0 Å². The van der Waals surface area contributed by atoms with Crippen LogP contribution in [-0.4, -0.2) is 23.2 Å². The summed E-state index contributed by atoms with van der Waals surface area (Å²) >= 11 is 3.21. The van der Waals surface area contributed by atoms with E-state index in [0.29, 0.717) is 10.2 Å². The third kappa shape index (κ3) is 2.19. The van der Waals surface area contributed by atoms with Crippen LogP contribution in [0.5, 0.6) is 0 Å². The summed E-state index contributed by atoms with van der Waals surface area (Å²) in [5, 5.41) is 10.6. The fourth-order valence-electron chi connectivity index (χ4n) is 1.63. The van der Waals surface area contributed by atoms with E-state index in [2.05, 4.69) is 15.9 Å². The number of carbonyl (C=O) groups excluding carboxylic acids is 2. The maximum Gasteiger partial charge on any atom is 0.271 e. The van der Waals surface area contributed by atoms with Gasteiger partial charge < -0.3 is 4.90 Å². The number of halogens is 1. The van der Waals surface area contributed by atoms with E-state index in [-0.39, 0.29) is 30.3 Å². The highest BCUT2D eigenvalue weighted by molar-refractivity contribution is 9.10. The second-order valence-electron chi connectivity index (χ2n) is 3.59. The smallest absolute Gasteiger partial charge is 0.271 e. The Morgan fingerprint density at radius 3 is 2.59 bits per heavy atom. The monoisotopic (exact) mass is 298 g/mol. The summed E-state index contributed by atoms with van der Waals surface area (Å²) < 4.78 is 0.547. The van der Waals surface area contributed by atoms with E-state index >= 15 is 0 Å². The number of benzene rings is 1. The second kappa shape index (κ2) is 4.25. The molecule has 1 fully saturated rings. The minimum absolute atomic E-state index is 0.0292. The molecule has 6 nitrogen and oxygen atoms in total. The number of carbonyl (C=O) groups is 2. The van der Waals surface area contributed by atoms with Crippen LogP contribution in [0, 0.1) is 10.1 Å². The number of rotatable bonds is 2. The molecule has 0 spiro atoms. The number of non-ortho nitro benzene ring substituents is 1. The van der Waals surface area contributed by atoms with Crippen molar-refractivity contribution in [2.45, 2.75) is 6.42 Å². The van der Waals surface area contributed by atoms with Crippen LogP contribution in [0.2, 0.25) is 0 Å². The molecule has 1 aliphatic heterocycles. The standard InChI is InChI=1S/C10H7BrN2O4/c11-8-2-1-6(13(16)17)3-9(8)12-5-7(14)4-10(12)15/h1-3H,4-5H2. The van der Waals surface area contributed by atoms with Gasteiger partial charge in [-0.05, 0) is 22.0 Å². The van der Waals surface area contributed by atoms with Crippen molar-refractivity contribution in [2.75, 3.05) is 11.4 Å². The number of hydrogen-bond donors (Lipinski definition) is 0. The maximum atomic E-state index is 11.5. The van der Waals surface area contributed by atoms with Gasteiger partial charge in [-0.3, -0.25) is 19.7 Å². The van der Waals surface area contributed by atoms with Gasteiger partial charge in [0.2, 0.25) is 5.91 Å². The topological polar surface area (TPSA) is 80.5 Å². The summed E-state index contributed by atoms with van der Waals surface area (Å²) in [5.41, 5.74) is 0.241. The van der Waals surface area contributed by atoms with Crippen molar-refractivity contribution in [2.24, 2.45) is 0 Å². The predicted octanol–water partition coefficient (Wildman–Crippen LogP) is 1.66. The lowest BCUT2D eigenvalue weighted by atomic mass is 10.2. The summed E-state index contributed by atoms with van der Waals surface area (Å²) in [6.07, 6.45) is -0.144. The molecule has 0 radical (unpaired) electrons. The zero-order valence-electron chi connectivity index (χ0n) is 8.55. The van der Waals surface area contributed by atoms with Gasteiger partial charge in [0.05, 0.1) is 23.6 Å². The lowest BCUT2D eigenvalue weighted by Gasteiger charge is -2.15. The maximum absolute atomic E-state index is 11.5. The summed E-state index contributed by atoms with van der Waals surface area (Å²) in [6.45, 7) is -0.0292. The van der Waals surface area contributed by atoms with Gasteiger partial charge in [-0.25, -0.2) is 0 Å². The van der Waals surface area contributed by atoms with Crippen molar-refractivity contribution < 1.29 is 14.5 Å². The number of anilines is 1. The number of nitrogens with zero attached hydrogens (tertiary/aromatic N) is 2. The van der Waals surface area contributed by atoms with Crippen molar-refractivity contribution in [3.8, 4) is 0 Å². The summed E-state index contributed by atoms with van der Waals surface area (Å²) in [5.74, 6) is -0.524. The van der Waals surface area contributed by atoms with Crippen molar-refractivity contribution in [1.82, 2.24) is 0 Å². The van der Waals surface area contributed by atoms with Gasteiger partial charge in [0.15, 0.2) is 5.78 Å². The molecule has 0 saturated carbocycles. The Balaban J connectivity index is 2.44. The van der Waals surface area contributed by atoms with Crippen LogP contribution in [0.3, 0.4) is 0 Å². The minimum atomic E-state index is -0.543. The minimum Gasteiger partial charge on any atom is -0.303 e. The van der Waals surface area contributed by atoms with E-state index < -0.39 is 4.92 Å². The van der Waals surface area contributed by atoms with Gasteiger partial charge in [0.25, 0.3) is 5.69 Å². The van der Waals surface area contributed by atoms with E-state index in [4.69, 9.17) is 0 Å². The Bertz CT molecular complexity index is 529. The number of amides is 1. The van der Waals surface area contributed by atoms with Gasteiger partial charge in [0, 0.05) is 16.6 Å². The van der Waals surface area contributed by atoms with Crippen LogP contribution in [-0.2, 0) is 9.59 Å². The van der Waals surface area contributed by atoms with Gasteiger partial charge in [-0.2, -0.15) is 0 Å². The highest BCUT2D eigenvalue weighted by Crippen LogP contribution is 2.32. The van der Waals surface area contributed by atoms with Crippen LogP contribution in [0.25, 0.3) is 0 Å². The van der Waals surface area contributed by atoms with Crippen molar-refractivity contribution in [3.05, 3.63) is 32.8 Å². The summed E-state index contributed by atoms with van der Waals surface area (Å²) in [7, 11) is 0. The number of ketones is 1. The molecule has 1 aliphatic rings. The Kier molecular flexibility index (Phi) is 2.93. The molecule has 88 valence electrons. The van der Waals surface area contributed by atoms with E-state index in [9.17, 15) is 19.7 Å². The Hall–Kier alpha value is -1.76. The van der Waals surface area contributed by atoms with Crippen LogP contribution in [0.4, 0.5) is 11.4 Å². The van der Waals surface area contributed by atoms with Gasteiger partial charge in [-0.1, -0.05) is 0 Å². The molecule has 7 heteroatoms. The highest BCUT2D eigenvalue weighted by atomic mass is 79.9. The van der Waals surface area contributed by atoms with E-state index in [1.165, 1.54) is 23.1 Å². The SMILES string of the molecule is O=C1CC(=O)N(c2cc([N+](=O)[O-])ccc2Br)C1. The molecule has 2 rings (SSSR count). The number of Topliss-reactive ketones (excluding diaryl/α,β-unsaturated/α-hetero) is 1. The summed E-state index contributed by atoms with van der Waals surface area (Å²) in [6, 6.07) is 4.10. The Labute approximate surface area is 104 Å². The first-order chi connectivity index (χ1) is 7.99. The first-order valence-electron chi connectivity index (χ1n) is 4.75. The first kappa shape index (κ1) is 11.7. The van der Waals surface area contributed by atoms with Crippen LogP contribution in [0.1, 0.15) is 6.42 Å². The fraction of sp³-hybridized carbons (Fsp3) is 0.200. The molecule has 1 amide bonds. The largest absolute Gasteiger partial charge is 0.303 e. The van der Waals surface area contributed by atoms with Crippen molar-refractivity contribution >= 4 is 39.0 Å². The lowest BCUT2D eigenvalue weighted by Crippen LogP contribution is -2.24. The average molecular weight is 299 g/mol. The molecule has 0 aromatic heterocycles. The molecule has 1 saturated heterocycles. The highest BCUT2D eigenvalue weighted by Gasteiger charge is 2.30. The molecule has 1 aromatic carbocycles. The van der Waals surface area contributed by atoms with Crippen LogP contribution in [0.15, 0.2) is 22.7 Å². The molecule has 0 bridgehead atoms. The molecule has 0 N–H and O–H groups in total. The number of nitro benzene ring substituents is 1. The predicted molar refractivity (Wildman–Crippen MR) is 62.8 cm³/mol. The normalized spacial score (nSPS) is 15.5. The van der Waals surface area contributed by atoms with Crippen molar-refractivity contribution in [3.63, 3.8) is 0 Å². The molecule has 1 aromatic rings. The fourth-order valence-corrected chi connectivity index (χ4v) is 2.09. The quantitative estimate of drug-likeness (QED) is 0.472. The third-order valence-electron chi connectivity index (χ3n) is 2.42. The van der Waals surface area contributed by atoms with Crippen LogP contribution >= 0.6 is 15.9 Å². The van der Waals surface area contributed by atoms with E-state index in [0.717, 1.165) is 0 Å². The molecule has 0 atom stereocenters. The average Bonchev–Trinajstić information content (AvgIpc) is 2.58. The third-order valence-corrected chi connectivity index (χ3v) is 3.09. The zero-order chi connectivity index (χ0) is 12.6. The first-order valence-corrected chi connectivity index (χ1v) is 5.54. The van der Waals surface area contributed by atoms with E-state index in [1.807, 2.05) is 0 Å². The molecule has 0 unspecified atom stereocenters. The summed E-state index contributed by atoms with van der Waals surface area (Å²) in [4.78, 5) is 34.0. The van der Waals surface area contributed by atoms with Gasteiger partial charge >= 0.3 is 0 Å². The van der Waals surface area contributed by atoms with Gasteiger partial charge in [-0.15, -0.1) is 0 Å². The second-order valence-corrected chi connectivity index (χ2v) is 4.44. The van der Waals surface area contributed by atoms with E-state index in [1.54, 1.807) is 0 Å². The molecule has 0 aliphatic carbocycles. The Morgan fingerprint density at radius 1 is 1.35 bits per heavy atom. The zero-order valence-corrected chi connectivity index (χ0v) is 10.1. The Morgan fingerprint density at radius 2 is 2.06 bits per heavy atom. The van der Waals surface area contributed by atoms with Gasteiger partial charge in [0.1, 0.15) is 0 Å². The molecular weight excluding hydrogens is 292 g/mol.